The number of anilines is 1. The van der Waals surface area contributed by atoms with Crippen LogP contribution in [0.2, 0.25) is 0 Å². The number of nitrogen functional groups attached to an aromatic ring is 1. The number of imidazole rings is 1. The first-order chi connectivity index (χ1) is 12.2. The van der Waals surface area contributed by atoms with Crippen LogP contribution in [0.5, 0.6) is 0 Å². The van der Waals surface area contributed by atoms with Crippen molar-refractivity contribution in [3.8, 4) is 0 Å². The molecule has 4 heteroatoms. The summed E-state index contributed by atoms with van der Waals surface area (Å²) < 4.78 is 2.25. The minimum Gasteiger partial charge on any atom is -0.382 e. The van der Waals surface area contributed by atoms with Gasteiger partial charge < -0.3 is 10.3 Å². The largest absolute Gasteiger partial charge is 0.382 e. The van der Waals surface area contributed by atoms with E-state index in [9.17, 15) is 0 Å². The van der Waals surface area contributed by atoms with Crippen LogP contribution in [-0.2, 0) is 13.0 Å². The van der Waals surface area contributed by atoms with E-state index in [2.05, 4.69) is 46.8 Å². The summed E-state index contributed by atoms with van der Waals surface area (Å²) in [6.45, 7) is 5.03. The van der Waals surface area contributed by atoms with Gasteiger partial charge in [0.25, 0.3) is 0 Å². The maximum atomic E-state index is 6.17. The molecule has 0 radical (unpaired) electrons. The molecule has 2 N–H and O–H groups in total. The Morgan fingerprint density at radius 3 is 2.64 bits per heavy atom. The highest BCUT2D eigenvalue weighted by Gasteiger charge is 2.15. The highest BCUT2D eigenvalue weighted by molar-refractivity contribution is 6.06. The van der Waals surface area contributed by atoms with Gasteiger partial charge in [-0.1, -0.05) is 55.8 Å². The molecule has 2 heterocycles. The number of hydrogen-bond acceptors (Lipinski definition) is 3. The van der Waals surface area contributed by atoms with Crippen molar-refractivity contribution in [1.82, 2.24) is 14.5 Å². The first kappa shape index (κ1) is 15.6. The number of aromatic nitrogens is 3. The molecule has 0 bridgehead atoms. The number of fused-ring (bicyclic) bond motifs is 3. The number of aryl methyl sites for hydroxylation is 2. The first-order valence-corrected chi connectivity index (χ1v) is 8.76. The summed E-state index contributed by atoms with van der Waals surface area (Å²) in [6.07, 6.45) is 2.26. The Hall–Kier alpha value is -2.88. The van der Waals surface area contributed by atoms with E-state index >= 15 is 0 Å². The third-order valence-electron chi connectivity index (χ3n) is 4.67. The number of nitrogens with zero attached hydrogens (tertiary/aromatic N) is 3. The molecule has 0 fully saturated rings. The number of benzene rings is 2. The Balaban J connectivity index is 1.90. The lowest BCUT2D eigenvalue weighted by molar-refractivity contribution is 0.785. The summed E-state index contributed by atoms with van der Waals surface area (Å²) in [5.41, 5.74) is 11.6. The average molecular weight is 330 g/mol. The molecule has 2 aromatic heterocycles. The molecule has 4 aromatic rings. The molecule has 126 valence electrons. The summed E-state index contributed by atoms with van der Waals surface area (Å²) in [5, 5.41) is 1.09. The van der Waals surface area contributed by atoms with Crippen LogP contribution in [0.15, 0.2) is 48.5 Å². The van der Waals surface area contributed by atoms with E-state index in [-0.39, 0.29) is 0 Å². The van der Waals surface area contributed by atoms with Gasteiger partial charge in [0.2, 0.25) is 0 Å². The number of rotatable bonds is 4. The lowest BCUT2D eigenvalue weighted by Crippen LogP contribution is -2.03. The Labute approximate surface area is 147 Å². The number of nitrogens with two attached hydrogens (primary N) is 1. The lowest BCUT2D eigenvalue weighted by Gasteiger charge is -2.10. The van der Waals surface area contributed by atoms with Crippen molar-refractivity contribution in [2.75, 3.05) is 5.73 Å². The summed E-state index contributed by atoms with van der Waals surface area (Å²) >= 11 is 0. The van der Waals surface area contributed by atoms with Crippen molar-refractivity contribution in [3.63, 3.8) is 0 Å². The molecule has 0 atom stereocenters. The zero-order valence-corrected chi connectivity index (χ0v) is 14.7. The van der Waals surface area contributed by atoms with Gasteiger partial charge in [0.1, 0.15) is 11.3 Å². The predicted octanol–water partition coefficient (Wildman–Crippen LogP) is 4.48. The molecule has 0 spiro atoms. The maximum absolute atomic E-state index is 6.17. The van der Waals surface area contributed by atoms with Crippen molar-refractivity contribution in [2.24, 2.45) is 0 Å². The topological polar surface area (TPSA) is 56.7 Å². The van der Waals surface area contributed by atoms with E-state index in [1.807, 2.05) is 25.1 Å². The first-order valence-electron chi connectivity index (χ1n) is 8.76. The van der Waals surface area contributed by atoms with E-state index in [4.69, 9.17) is 10.7 Å². The van der Waals surface area contributed by atoms with Crippen LogP contribution in [0, 0.1) is 6.92 Å². The van der Waals surface area contributed by atoms with Gasteiger partial charge in [0.05, 0.1) is 11.0 Å². The molecular weight excluding hydrogens is 308 g/mol. The lowest BCUT2D eigenvalue weighted by atomic mass is 10.1. The van der Waals surface area contributed by atoms with E-state index in [1.54, 1.807) is 0 Å². The molecule has 25 heavy (non-hydrogen) atoms. The van der Waals surface area contributed by atoms with Gasteiger partial charge in [0, 0.05) is 11.9 Å². The molecule has 4 nitrogen and oxygen atoms in total. The van der Waals surface area contributed by atoms with Crippen LogP contribution >= 0.6 is 0 Å². The molecular formula is C21H22N4. The second-order valence-corrected chi connectivity index (χ2v) is 6.53. The van der Waals surface area contributed by atoms with E-state index in [1.165, 1.54) is 11.1 Å². The summed E-state index contributed by atoms with van der Waals surface area (Å²) in [6, 6.07) is 16.9. The minimum atomic E-state index is 0.496. The molecule has 0 amide bonds. The van der Waals surface area contributed by atoms with Crippen LogP contribution in [0.4, 0.5) is 5.82 Å². The fourth-order valence-electron chi connectivity index (χ4n) is 3.52. The molecule has 0 aliphatic carbocycles. The SMILES string of the molecule is CCCc1cccc(Cn2c(C)nc3c(N)nc4ccccc4c32)c1. The molecule has 0 saturated heterocycles. The maximum Gasteiger partial charge on any atom is 0.152 e. The molecule has 4 rings (SSSR count). The Kier molecular flexibility index (Phi) is 3.88. The number of para-hydroxylation sites is 1. The smallest absolute Gasteiger partial charge is 0.152 e. The van der Waals surface area contributed by atoms with Crippen molar-refractivity contribution >= 4 is 27.8 Å². The third-order valence-corrected chi connectivity index (χ3v) is 4.67. The van der Waals surface area contributed by atoms with Gasteiger partial charge in [-0.2, -0.15) is 0 Å². The monoisotopic (exact) mass is 330 g/mol. The number of hydrogen-bond donors (Lipinski definition) is 1. The van der Waals surface area contributed by atoms with Crippen molar-refractivity contribution in [3.05, 3.63) is 65.5 Å². The van der Waals surface area contributed by atoms with Crippen molar-refractivity contribution in [1.29, 1.82) is 0 Å². The Morgan fingerprint density at radius 2 is 1.80 bits per heavy atom. The second kappa shape index (κ2) is 6.20. The predicted molar refractivity (Wildman–Crippen MR) is 104 cm³/mol. The Bertz CT molecular complexity index is 1060. The van der Waals surface area contributed by atoms with Gasteiger partial charge in [-0.3, -0.25) is 0 Å². The van der Waals surface area contributed by atoms with E-state index in [0.717, 1.165) is 47.1 Å². The molecule has 0 aliphatic rings. The van der Waals surface area contributed by atoms with Crippen LogP contribution in [0.25, 0.3) is 21.9 Å². The van der Waals surface area contributed by atoms with Crippen molar-refractivity contribution in [2.45, 2.75) is 33.2 Å². The standard InChI is InChI=1S/C21H22N4/c1-3-7-15-8-6-9-16(12-15)13-25-14(2)23-19-20(25)17-10-4-5-11-18(17)24-21(19)22/h4-6,8-12H,3,7,13H2,1-2H3,(H2,22,24). The van der Waals surface area contributed by atoms with Gasteiger partial charge in [-0.05, 0) is 30.5 Å². The van der Waals surface area contributed by atoms with Crippen LogP contribution in [0.1, 0.15) is 30.3 Å². The average Bonchev–Trinajstić information content (AvgIpc) is 2.93. The molecule has 0 aliphatic heterocycles. The minimum absolute atomic E-state index is 0.496. The third kappa shape index (κ3) is 2.74. The van der Waals surface area contributed by atoms with E-state index in [0.29, 0.717) is 5.82 Å². The normalized spacial score (nSPS) is 11.4. The molecule has 0 unspecified atom stereocenters. The highest BCUT2D eigenvalue weighted by atomic mass is 15.1. The summed E-state index contributed by atoms with van der Waals surface area (Å²) in [5.74, 6) is 1.45. The quantitative estimate of drug-likeness (QED) is 0.600. The van der Waals surface area contributed by atoms with Gasteiger partial charge in [-0.15, -0.1) is 0 Å². The molecule has 2 aromatic carbocycles. The zero-order valence-electron chi connectivity index (χ0n) is 14.7. The Morgan fingerprint density at radius 1 is 1.00 bits per heavy atom. The van der Waals surface area contributed by atoms with E-state index < -0.39 is 0 Å². The van der Waals surface area contributed by atoms with Gasteiger partial charge >= 0.3 is 0 Å². The summed E-state index contributed by atoms with van der Waals surface area (Å²) in [4.78, 5) is 9.20. The summed E-state index contributed by atoms with van der Waals surface area (Å²) in [7, 11) is 0. The van der Waals surface area contributed by atoms with Crippen LogP contribution in [0.3, 0.4) is 0 Å². The fraction of sp³-hybridized carbons (Fsp3) is 0.238. The number of pyridine rings is 1. The molecule has 0 saturated carbocycles. The van der Waals surface area contributed by atoms with Crippen molar-refractivity contribution < 1.29 is 0 Å². The zero-order chi connectivity index (χ0) is 17.4. The van der Waals surface area contributed by atoms with Crippen LogP contribution in [-0.4, -0.2) is 14.5 Å². The van der Waals surface area contributed by atoms with Gasteiger partial charge in [0.15, 0.2) is 5.82 Å². The van der Waals surface area contributed by atoms with Crippen LogP contribution < -0.4 is 5.73 Å². The van der Waals surface area contributed by atoms with Gasteiger partial charge in [-0.25, -0.2) is 9.97 Å². The second-order valence-electron chi connectivity index (χ2n) is 6.53. The fourth-order valence-corrected chi connectivity index (χ4v) is 3.52. The highest BCUT2D eigenvalue weighted by Crippen LogP contribution is 2.29.